The van der Waals surface area contributed by atoms with E-state index in [-0.39, 0.29) is 0 Å². The number of thioether (sulfide) groups is 1. The fraction of sp³-hybridized carbons (Fsp3) is 0. The van der Waals surface area contributed by atoms with Crippen molar-refractivity contribution in [3.63, 3.8) is 0 Å². The van der Waals surface area contributed by atoms with E-state index in [1.54, 1.807) is 0 Å². The molecule has 2 N–H and O–H groups in total. The van der Waals surface area contributed by atoms with Crippen molar-refractivity contribution in [1.29, 1.82) is 5.26 Å². The predicted octanol–water partition coefficient (Wildman–Crippen LogP) is 4.39. The van der Waals surface area contributed by atoms with Crippen LogP contribution in [0.4, 0.5) is 0 Å². The highest BCUT2D eigenvalue weighted by molar-refractivity contribution is 9.10. The lowest BCUT2D eigenvalue weighted by Gasteiger charge is -2.06. The average Bonchev–Trinajstić information content (AvgIpc) is 2.43. The first kappa shape index (κ1) is 13.7. The number of nitrogens with zero attached hydrogens (tertiary/aromatic N) is 1. The molecule has 0 radical (unpaired) electrons. The fourth-order valence-corrected chi connectivity index (χ4v) is 2.62. The van der Waals surface area contributed by atoms with Gasteiger partial charge in [-0.15, -0.1) is 0 Å². The van der Waals surface area contributed by atoms with E-state index in [0.717, 1.165) is 14.9 Å². The molecule has 0 fully saturated rings. The average molecular weight is 331 g/mol. The van der Waals surface area contributed by atoms with Gasteiger partial charge < -0.3 is 5.73 Å². The molecule has 2 aromatic carbocycles. The highest BCUT2D eigenvalue weighted by Crippen LogP contribution is 2.29. The van der Waals surface area contributed by atoms with Gasteiger partial charge in [0.15, 0.2) is 0 Å². The summed E-state index contributed by atoms with van der Waals surface area (Å²) in [7, 11) is 0. The Labute approximate surface area is 125 Å². The third-order valence-electron chi connectivity index (χ3n) is 2.46. The van der Waals surface area contributed by atoms with E-state index in [1.807, 2.05) is 54.6 Å². The molecule has 19 heavy (non-hydrogen) atoms. The van der Waals surface area contributed by atoms with Crippen LogP contribution in [0.15, 0.2) is 69.0 Å². The third-order valence-corrected chi connectivity index (χ3v) is 3.92. The fourth-order valence-electron chi connectivity index (χ4n) is 1.54. The van der Waals surface area contributed by atoms with Gasteiger partial charge in [-0.05, 0) is 29.8 Å². The Morgan fingerprint density at radius 3 is 2.26 bits per heavy atom. The molecule has 0 unspecified atom stereocenters. The number of rotatable bonds is 3. The number of nitrogens with two attached hydrogens (primary N) is 1. The van der Waals surface area contributed by atoms with Crippen molar-refractivity contribution in [2.45, 2.75) is 4.90 Å². The molecule has 0 heterocycles. The smallest absolute Gasteiger partial charge is 0.103 e. The van der Waals surface area contributed by atoms with Gasteiger partial charge in [0.25, 0.3) is 0 Å². The van der Waals surface area contributed by atoms with E-state index >= 15 is 0 Å². The zero-order valence-electron chi connectivity index (χ0n) is 10.0. The molecule has 2 nitrogen and oxygen atoms in total. The first-order valence-electron chi connectivity index (χ1n) is 5.59. The quantitative estimate of drug-likeness (QED) is 0.670. The molecule has 0 saturated carbocycles. The zero-order valence-corrected chi connectivity index (χ0v) is 12.4. The van der Waals surface area contributed by atoms with Crippen LogP contribution in [0.2, 0.25) is 0 Å². The van der Waals surface area contributed by atoms with Crippen molar-refractivity contribution in [1.82, 2.24) is 0 Å². The van der Waals surface area contributed by atoms with Gasteiger partial charge in [-0.25, -0.2) is 0 Å². The molecular formula is C15H11BrN2S. The zero-order chi connectivity index (χ0) is 13.7. The molecule has 2 rings (SSSR count). The molecule has 0 aliphatic carbocycles. The number of benzene rings is 2. The maximum atomic E-state index is 9.28. The molecule has 0 aliphatic rings. The van der Waals surface area contributed by atoms with E-state index in [0.29, 0.717) is 10.6 Å². The van der Waals surface area contributed by atoms with Gasteiger partial charge in [0.2, 0.25) is 0 Å². The van der Waals surface area contributed by atoms with Gasteiger partial charge in [-0.3, -0.25) is 0 Å². The van der Waals surface area contributed by atoms with Crippen LogP contribution in [0, 0.1) is 11.3 Å². The summed E-state index contributed by atoms with van der Waals surface area (Å²) in [6.45, 7) is 0. The lowest BCUT2D eigenvalue weighted by Crippen LogP contribution is -1.97. The van der Waals surface area contributed by atoms with Crippen molar-refractivity contribution in [2.24, 2.45) is 5.73 Å². The second kappa shape index (κ2) is 6.46. The lowest BCUT2D eigenvalue weighted by molar-refractivity contribution is 1.44. The first-order chi connectivity index (χ1) is 9.20. The first-order valence-corrected chi connectivity index (χ1v) is 7.20. The van der Waals surface area contributed by atoms with Crippen LogP contribution in [0.25, 0.3) is 5.57 Å². The van der Waals surface area contributed by atoms with Crippen LogP contribution in [-0.4, -0.2) is 0 Å². The normalized spacial score (nSPS) is 11.6. The molecule has 0 bridgehead atoms. The second-order valence-corrected chi connectivity index (χ2v) is 5.80. The highest BCUT2D eigenvalue weighted by Gasteiger charge is 2.07. The molecule has 4 heteroatoms. The van der Waals surface area contributed by atoms with Crippen molar-refractivity contribution in [3.05, 3.63) is 69.7 Å². The van der Waals surface area contributed by atoms with Crippen LogP contribution in [0.3, 0.4) is 0 Å². The third kappa shape index (κ3) is 3.63. The van der Waals surface area contributed by atoms with Crippen molar-refractivity contribution >= 4 is 33.3 Å². The molecule has 2 aromatic rings. The van der Waals surface area contributed by atoms with Gasteiger partial charge >= 0.3 is 0 Å². The monoisotopic (exact) mass is 330 g/mol. The number of hydrogen-bond donors (Lipinski definition) is 1. The van der Waals surface area contributed by atoms with Gasteiger partial charge in [-0.1, -0.05) is 58.0 Å². The van der Waals surface area contributed by atoms with Crippen molar-refractivity contribution < 1.29 is 0 Å². The molecular weight excluding hydrogens is 320 g/mol. The van der Waals surface area contributed by atoms with Crippen LogP contribution in [0.1, 0.15) is 5.56 Å². The molecule has 0 atom stereocenters. The van der Waals surface area contributed by atoms with Crippen molar-refractivity contribution in [2.75, 3.05) is 0 Å². The van der Waals surface area contributed by atoms with E-state index in [4.69, 9.17) is 5.73 Å². The largest absolute Gasteiger partial charge is 0.392 e. The molecule has 94 valence electrons. The van der Waals surface area contributed by atoms with E-state index in [2.05, 4.69) is 22.0 Å². The lowest BCUT2D eigenvalue weighted by atomic mass is 10.1. The number of hydrogen-bond acceptors (Lipinski definition) is 3. The summed E-state index contributed by atoms with van der Waals surface area (Å²) in [5.74, 6) is 0. The second-order valence-electron chi connectivity index (χ2n) is 3.77. The Bertz CT molecular complexity index is 627. The SMILES string of the molecule is N#C/C(=C(\N)Sc1ccccc1)c1ccc(Br)cc1. The predicted molar refractivity (Wildman–Crippen MR) is 83.2 cm³/mol. The van der Waals surface area contributed by atoms with E-state index < -0.39 is 0 Å². The Balaban J connectivity index is 2.32. The number of nitriles is 1. The van der Waals surface area contributed by atoms with Gasteiger partial charge in [0.05, 0.1) is 10.6 Å². The van der Waals surface area contributed by atoms with Gasteiger partial charge in [0.1, 0.15) is 6.07 Å². The van der Waals surface area contributed by atoms with Gasteiger partial charge in [-0.2, -0.15) is 5.26 Å². The maximum absolute atomic E-state index is 9.28. The molecule has 0 saturated heterocycles. The summed E-state index contributed by atoms with van der Waals surface area (Å²) in [5, 5.41) is 9.79. The van der Waals surface area contributed by atoms with E-state index in [1.165, 1.54) is 11.8 Å². The Morgan fingerprint density at radius 2 is 1.68 bits per heavy atom. The Morgan fingerprint density at radius 1 is 1.05 bits per heavy atom. The molecule has 0 amide bonds. The summed E-state index contributed by atoms with van der Waals surface area (Å²) in [4.78, 5) is 1.02. The molecule has 0 aromatic heterocycles. The summed E-state index contributed by atoms with van der Waals surface area (Å²) < 4.78 is 0.975. The Kier molecular flexibility index (Phi) is 4.67. The van der Waals surface area contributed by atoms with Crippen molar-refractivity contribution in [3.8, 4) is 6.07 Å². The van der Waals surface area contributed by atoms with E-state index in [9.17, 15) is 5.26 Å². The number of halogens is 1. The summed E-state index contributed by atoms with van der Waals surface area (Å²) in [5.41, 5.74) is 7.37. The minimum Gasteiger partial charge on any atom is -0.392 e. The highest BCUT2D eigenvalue weighted by atomic mass is 79.9. The summed E-state index contributed by atoms with van der Waals surface area (Å²) in [6, 6.07) is 19.5. The van der Waals surface area contributed by atoms with Crippen LogP contribution in [-0.2, 0) is 0 Å². The number of allylic oxidation sites excluding steroid dienone is 1. The standard InChI is InChI=1S/C15H11BrN2S/c16-12-8-6-11(7-9-12)14(10-17)15(18)19-13-4-2-1-3-5-13/h1-9H,18H2/b15-14-. The summed E-state index contributed by atoms with van der Waals surface area (Å²) in [6.07, 6.45) is 0. The van der Waals surface area contributed by atoms with Gasteiger partial charge in [0, 0.05) is 9.37 Å². The van der Waals surface area contributed by atoms with Crippen LogP contribution >= 0.6 is 27.7 Å². The minimum absolute atomic E-state index is 0.501. The molecule has 0 aliphatic heterocycles. The maximum Gasteiger partial charge on any atom is 0.103 e. The van der Waals surface area contributed by atoms with Crippen LogP contribution < -0.4 is 5.73 Å². The minimum atomic E-state index is 0.501. The molecule has 0 spiro atoms. The Hall–Kier alpha value is -1.70. The summed E-state index contributed by atoms with van der Waals surface area (Å²) >= 11 is 4.77. The van der Waals surface area contributed by atoms with Crippen LogP contribution in [0.5, 0.6) is 0 Å². The topological polar surface area (TPSA) is 49.8 Å².